The van der Waals surface area contributed by atoms with Gasteiger partial charge in [-0.25, -0.2) is 0 Å². The number of carboxylic acids is 1. The number of aliphatic carboxylic acids is 1. The average Bonchev–Trinajstić information content (AvgIpc) is 2.85. The fourth-order valence-corrected chi connectivity index (χ4v) is 5.65. The lowest BCUT2D eigenvalue weighted by molar-refractivity contribution is -0.309. The number of rotatable bonds is 3. The van der Waals surface area contributed by atoms with Crippen molar-refractivity contribution < 1.29 is 30.1 Å². The highest BCUT2D eigenvalue weighted by Crippen LogP contribution is 2.61. The zero-order valence-electron chi connectivity index (χ0n) is 15.2. The summed E-state index contributed by atoms with van der Waals surface area (Å²) in [6, 6.07) is 5.17. The highest BCUT2D eigenvalue weighted by Gasteiger charge is 2.58. The number of aliphatic hydroxyl groups is 2. The molecule has 6 atom stereocenters. The van der Waals surface area contributed by atoms with E-state index < -0.39 is 24.8 Å². The molecule has 7 nitrogen and oxygen atoms in total. The molecule has 3 aliphatic carbocycles. The molecule has 3 aliphatic rings. The van der Waals surface area contributed by atoms with Gasteiger partial charge in [0.15, 0.2) is 6.61 Å². The van der Waals surface area contributed by atoms with Crippen LogP contribution in [0.2, 0.25) is 0 Å². The summed E-state index contributed by atoms with van der Waals surface area (Å²) in [6.45, 7) is 1.41. The summed E-state index contributed by atoms with van der Waals surface area (Å²) in [4.78, 5) is 15.6. The number of carbonyl (C=O) groups excluding carboxylic acids is 1. The van der Waals surface area contributed by atoms with Gasteiger partial charge in [-0.2, -0.15) is 0 Å². The number of hydrogen-bond acceptors (Lipinski definition) is 7. The maximum absolute atomic E-state index is 10.6. The second-order valence-corrected chi connectivity index (χ2v) is 8.33. The molecule has 4 rings (SSSR count). The Morgan fingerprint density at radius 1 is 1.41 bits per heavy atom. The molecular formula is C20H24NO6-. The Morgan fingerprint density at radius 2 is 2.19 bits per heavy atom. The molecule has 27 heavy (non-hydrogen) atoms. The highest BCUT2D eigenvalue weighted by atomic mass is 16.6. The van der Waals surface area contributed by atoms with Gasteiger partial charge in [0.25, 0.3) is 0 Å². The summed E-state index contributed by atoms with van der Waals surface area (Å²) in [7, 11) is 0. The minimum atomic E-state index is -1.35. The van der Waals surface area contributed by atoms with Gasteiger partial charge in [0.05, 0.1) is 23.9 Å². The van der Waals surface area contributed by atoms with Crippen molar-refractivity contribution in [2.24, 2.45) is 22.4 Å². The van der Waals surface area contributed by atoms with Crippen LogP contribution in [0.3, 0.4) is 0 Å². The molecule has 0 saturated heterocycles. The van der Waals surface area contributed by atoms with E-state index in [0.717, 1.165) is 24.0 Å². The summed E-state index contributed by atoms with van der Waals surface area (Å²) in [5, 5.41) is 45.4. The van der Waals surface area contributed by atoms with Crippen molar-refractivity contribution in [1.82, 2.24) is 0 Å². The predicted octanol–water partition coefficient (Wildman–Crippen LogP) is 0.508. The molecular weight excluding hydrogens is 350 g/mol. The molecule has 0 bridgehead atoms. The third-order valence-corrected chi connectivity index (χ3v) is 6.94. The number of aromatic hydroxyl groups is 1. The third kappa shape index (κ3) is 2.89. The molecule has 2 fully saturated rings. The van der Waals surface area contributed by atoms with Crippen LogP contribution in [0.4, 0.5) is 0 Å². The molecule has 0 spiro atoms. The summed E-state index contributed by atoms with van der Waals surface area (Å²) < 4.78 is 0. The first kappa shape index (κ1) is 18.3. The number of fused-ring (bicyclic) bond motifs is 5. The molecule has 3 N–H and O–H groups in total. The molecule has 0 unspecified atom stereocenters. The predicted molar refractivity (Wildman–Crippen MR) is 93.9 cm³/mol. The van der Waals surface area contributed by atoms with Crippen molar-refractivity contribution >= 4 is 11.7 Å². The summed E-state index contributed by atoms with van der Waals surface area (Å²) in [5.74, 6) is -0.688. The molecule has 146 valence electrons. The van der Waals surface area contributed by atoms with E-state index >= 15 is 0 Å². The normalized spacial score (nSPS) is 38.8. The minimum absolute atomic E-state index is 0.118. The third-order valence-electron chi connectivity index (χ3n) is 6.94. The van der Waals surface area contributed by atoms with Crippen LogP contribution >= 0.6 is 0 Å². The largest absolute Gasteiger partial charge is 0.546 e. The second kappa shape index (κ2) is 6.49. The number of aliphatic hydroxyl groups excluding tert-OH is 2. The summed E-state index contributed by atoms with van der Waals surface area (Å²) in [6.07, 6.45) is 1.33. The molecule has 0 aromatic heterocycles. The molecule has 0 heterocycles. The molecule has 0 aliphatic heterocycles. The van der Waals surface area contributed by atoms with Gasteiger partial charge in [-0.1, -0.05) is 18.1 Å². The van der Waals surface area contributed by atoms with E-state index in [2.05, 4.69) is 5.16 Å². The number of carbonyl (C=O) groups is 1. The first-order valence-electron chi connectivity index (χ1n) is 9.39. The van der Waals surface area contributed by atoms with Gasteiger partial charge in [0.1, 0.15) is 5.75 Å². The number of nitrogens with zero attached hydrogens (tertiary/aromatic N) is 1. The van der Waals surface area contributed by atoms with Crippen LogP contribution in [-0.4, -0.2) is 45.8 Å². The number of benzene rings is 1. The van der Waals surface area contributed by atoms with Gasteiger partial charge in [-0.3, -0.25) is 0 Å². The van der Waals surface area contributed by atoms with Crippen molar-refractivity contribution in [2.75, 3.05) is 6.61 Å². The first-order valence-corrected chi connectivity index (χ1v) is 9.39. The first-order chi connectivity index (χ1) is 12.8. The molecule has 2 saturated carbocycles. The lowest BCUT2D eigenvalue weighted by Gasteiger charge is -2.49. The van der Waals surface area contributed by atoms with Crippen molar-refractivity contribution in [3.63, 3.8) is 0 Å². The van der Waals surface area contributed by atoms with Crippen molar-refractivity contribution in [1.29, 1.82) is 0 Å². The zero-order valence-corrected chi connectivity index (χ0v) is 15.2. The van der Waals surface area contributed by atoms with Gasteiger partial charge >= 0.3 is 0 Å². The second-order valence-electron chi connectivity index (χ2n) is 8.33. The van der Waals surface area contributed by atoms with Crippen molar-refractivity contribution in [2.45, 2.75) is 50.7 Å². The van der Waals surface area contributed by atoms with Gasteiger partial charge in [-0.05, 0) is 66.5 Å². The molecule has 7 heteroatoms. The Bertz CT molecular complexity index is 793. The smallest absolute Gasteiger partial charge is 0.156 e. The Hall–Kier alpha value is -2.12. The van der Waals surface area contributed by atoms with E-state index in [1.807, 2.05) is 13.0 Å². The van der Waals surface area contributed by atoms with Crippen LogP contribution in [0.5, 0.6) is 5.75 Å². The molecule has 1 aromatic carbocycles. The molecule has 1 aromatic rings. The van der Waals surface area contributed by atoms with Gasteiger partial charge in [0.2, 0.25) is 0 Å². The lowest BCUT2D eigenvalue weighted by atomic mass is 9.55. The zero-order chi connectivity index (χ0) is 19.3. The summed E-state index contributed by atoms with van der Waals surface area (Å²) >= 11 is 0. The van der Waals surface area contributed by atoms with Crippen LogP contribution in [0, 0.1) is 17.3 Å². The van der Waals surface area contributed by atoms with Crippen LogP contribution in [0.25, 0.3) is 0 Å². The number of carboxylic acid groups (broad SMARTS) is 1. The van der Waals surface area contributed by atoms with Crippen LogP contribution in [-0.2, 0) is 9.63 Å². The standard InChI is InChI=1S/C20H25NO6/c1-20-5-4-12-11-3-2-10(22)6-14(11)16(21-27-9-18(24)25)7-13(12)15(20)8-17(23)19(20)26/h2-3,6,12-13,15,17,19,22-23,26H,4-5,7-9H2,1H3,(H,24,25)/p-1/b21-16-/t12-,13-,15-,17+,19-,20-/m0/s1. The van der Waals surface area contributed by atoms with Crippen LogP contribution in [0.1, 0.15) is 49.7 Å². The van der Waals surface area contributed by atoms with E-state index in [9.17, 15) is 25.2 Å². The fourth-order valence-electron chi connectivity index (χ4n) is 5.65. The fraction of sp³-hybridized carbons (Fsp3) is 0.600. The topological polar surface area (TPSA) is 122 Å². The summed E-state index contributed by atoms with van der Waals surface area (Å²) in [5.41, 5.74) is 2.07. The van der Waals surface area contributed by atoms with Gasteiger partial charge < -0.3 is 30.1 Å². The van der Waals surface area contributed by atoms with Gasteiger partial charge in [-0.15, -0.1) is 0 Å². The Labute approximate surface area is 157 Å². The quantitative estimate of drug-likeness (QED) is 0.663. The number of oxime groups is 1. The Kier molecular flexibility index (Phi) is 4.39. The van der Waals surface area contributed by atoms with Crippen molar-refractivity contribution in [3.05, 3.63) is 29.3 Å². The monoisotopic (exact) mass is 374 g/mol. The molecule has 0 amide bonds. The Balaban J connectivity index is 1.73. The SMILES string of the molecule is C[C@]12CC[C@H]3c4ccc(O)cc4/C(=N\OCC(=O)[O-])C[C@@H]3[C@@H]1C[C@@H](O)[C@@H]2O. The maximum atomic E-state index is 10.6. The van der Waals surface area contributed by atoms with E-state index in [0.29, 0.717) is 18.6 Å². The minimum Gasteiger partial charge on any atom is -0.546 e. The van der Waals surface area contributed by atoms with Crippen LogP contribution in [0.15, 0.2) is 23.4 Å². The number of hydrogen-bond donors (Lipinski definition) is 3. The average molecular weight is 374 g/mol. The van der Waals surface area contributed by atoms with E-state index in [-0.39, 0.29) is 28.9 Å². The maximum Gasteiger partial charge on any atom is 0.156 e. The molecule has 0 radical (unpaired) electrons. The highest BCUT2D eigenvalue weighted by molar-refractivity contribution is 6.03. The van der Waals surface area contributed by atoms with E-state index in [1.54, 1.807) is 12.1 Å². The van der Waals surface area contributed by atoms with E-state index in [1.165, 1.54) is 0 Å². The lowest BCUT2D eigenvalue weighted by Crippen LogP contribution is -2.45. The Morgan fingerprint density at radius 3 is 2.93 bits per heavy atom. The van der Waals surface area contributed by atoms with Crippen molar-refractivity contribution in [3.8, 4) is 5.75 Å². The van der Waals surface area contributed by atoms with Crippen LogP contribution < -0.4 is 5.11 Å². The van der Waals surface area contributed by atoms with Gasteiger partial charge in [0, 0.05) is 5.56 Å². The number of phenolic OH excluding ortho intramolecular Hbond substituents is 1. The van der Waals surface area contributed by atoms with E-state index in [4.69, 9.17) is 4.84 Å². The number of phenols is 1.